The summed E-state index contributed by atoms with van der Waals surface area (Å²) in [5, 5.41) is 12.8. The summed E-state index contributed by atoms with van der Waals surface area (Å²) < 4.78 is 25.7. The number of hydrogen-bond acceptors (Lipinski definition) is 9. The van der Waals surface area contributed by atoms with Crippen LogP contribution in [0.1, 0.15) is 52.4 Å². The first kappa shape index (κ1) is 39.2. The molecule has 6 rings (SSSR count). The Morgan fingerprint density at radius 1 is 0.750 bits per heavy atom. The van der Waals surface area contributed by atoms with Crippen LogP contribution in [0, 0.1) is 13.8 Å². The topological polar surface area (TPSA) is 147 Å². The molecule has 56 heavy (non-hydrogen) atoms. The fourth-order valence-corrected chi connectivity index (χ4v) is 8.92. The third kappa shape index (κ3) is 8.91. The number of carbonyl (C=O) groups excluding carboxylic acids is 4. The highest BCUT2D eigenvalue weighted by Gasteiger charge is 2.38. The van der Waals surface area contributed by atoms with Crippen molar-refractivity contribution in [1.82, 2.24) is 20.3 Å². The Morgan fingerprint density at radius 3 is 1.89 bits per heavy atom. The number of rotatable bonds is 15. The van der Waals surface area contributed by atoms with Gasteiger partial charge in [-0.25, -0.2) is 4.79 Å². The summed E-state index contributed by atoms with van der Waals surface area (Å²) in [4.78, 5) is 53.4. The smallest absolute Gasteiger partial charge is 0.333 e. The van der Waals surface area contributed by atoms with Crippen molar-refractivity contribution in [2.24, 2.45) is 0 Å². The van der Waals surface area contributed by atoms with E-state index in [0.717, 1.165) is 11.1 Å². The number of nitrogens with zero attached hydrogens (tertiary/aromatic N) is 3. The van der Waals surface area contributed by atoms with Crippen LogP contribution in [-0.4, -0.2) is 45.0 Å². The molecule has 0 aliphatic carbocycles. The van der Waals surface area contributed by atoms with Crippen molar-refractivity contribution in [2.75, 3.05) is 6.61 Å². The lowest BCUT2D eigenvalue weighted by Gasteiger charge is -2.21. The van der Waals surface area contributed by atoms with E-state index in [9.17, 15) is 23.7 Å². The molecule has 1 aromatic heterocycles. The van der Waals surface area contributed by atoms with Crippen LogP contribution in [0.15, 0.2) is 127 Å². The lowest BCUT2D eigenvalue weighted by atomic mass is 10.00. The number of ether oxygens (including phenoxy) is 2. The SMILES string of the molecule is C=C(C)C(=O)OCCc1ccc(OC(=O)CCC(=O)NCc2cc(C)c(C(=O)P(=O)(c3ccccc3)c3ccccc3)c(C)c2)c(-n2nc3ccccc3n2)c1. The molecule has 0 aliphatic heterocycles. The average Bonchev–Trinajstić information content (AvgIpc) is 3.64. The molecule has 0 saturated carbocycles. The molecule has 0 aliphatic rings. The predicted octanol–water partition coefficient (Wildman–Crippen LogP) is 6.86. The Hall–Kier alpha value is -6.45. The van der Waals surface area contributed by atoms with Crippen molar-refractivity contribution in [3.8, 4) is 11.4 Å². The van der Waals surface area contributed by atoms with Gasteiger partial charge in [0.2, 0.25) is 18.6 Å². The molecule has 0 spiro atoms. The van der Waals surface area contributed by atoms with E-state index in [4.69, 9.17) is 9.47 Å². The average molecular weight is 769 g/mol. The first-order valence-corrected chi connectivity index (χ1v) is 19.8. The maximum Gasteiger partial charge on any atom is 0.333 e. The molecule has 0 saturated heterocycles. The Bertz CT molecular complexity index is 2400. The zero-order chi connectivity index (χ0) is 39.8. The summed E-state index contributed by atoms with van der Waals surface area (Å²) in [6, 6.07) is 33.7. The van der Waals surface area contributed by atoms with Crippen LogP contribution >= 0.6 is 7.14 Å². The molecule has 0 fully saturated rings. The Kier molecular flexibility index (Phi) is 12.2. The Morgan fingerprint density at radius 2 is 1.32 bits per heavy atom. The highest BCUT2D eigenvalue weighted by atomic mass is 31.2. The second-order valence-corrected chi connectivity index (χ2v) is 16.0. The van der Waals surface area contributed by atoms with Crippen molar-refractivity contribution >= 4 is 52.2 Å². The molecule has 5 aromatic carbocycles. The normalized spacial score (nSPS) is 11.2. The molecule has 284 valence electrons. The minimum Gasteiger partial charge on any atom is -0.462 e. The monoisotopic (exact) mass is 768 g/mol. The molecule has 0 unspecified atom stereocenters. The van der Waals surface area contributed by atoms with Crippen LogP contribution in [0.25, 0.3) is 16.7 Å². The molecular weight excluding hydrogens is 727 g/mol. The predicted molar refractivity (Wildman–Crippen MR) is 215 cm³/mol. The molecule has 1 heterocycles. The van der Waals surface area contributed by atoms with Gasteiger partial charge in [0.1, 0.15) is 16.7 Å². The van der Waals surface area contributed by atoms with Crippen LogP contribution in [-0.2, 0) is 36.7 Å². The summed E-state index contributed by atoms with van der Waals surface area (Å²) in [7, 11) is -3.70. The second kappa shape index (κ2) is 17.3. The van der Waals surface area contributed by atoms with E-state index in [0.29, 0.717) is 56.0 Å². The largest absolute Gasteiger partial charge is 0.462 e. The van der Waals surface area contributed by atoms with Gasteiger partial charge in [-0.05, 0) is 67.3 Å². The van der Waals surface area contributed by atoms with E-state index in [1.54, 1.807) is 99.6 Å². The second-order valence-electron chi connectivity index (χ2n) is 13.4. The molecule has 11 nitrogen and oxygen atoms in total. The Labute approximate surface area is 324 Å². The van der Waals surface area contributed by atoms with E-state index < -0.39 is 24.6 Å². The van der Waals surface area contributed by atoms with Crippen molar-refractivity contribution in [3.05, 3.63) is 155 Å². The lowest BCUT2D eigenvalue weighted by Crippen LogP contribution is -2.25. The first-order valence-electron chi connectivity index (χ1n) is 18.1. The van der Waals surface area contributed by atoms with Gasteiger partial charge in [0.25, 0.3) is 0 Å². The zero-order valence-electron chi connectivity index (χ0n) is 31.4. The molecule has 12 heteroatoms. The number of aromatic nitrogens is 3. The minimum atomic E-state index is -3.70. The highest BCUT2D eigenvalue weighted by molar-refractivity contribution is 7.93. The quantitative estimate of drug-likeness (QED) is 0.0513. The van der Waals surface area contributed by atoms with Crippen LogP contribution < -0.4 is 20.7 Å². The number of fused-ring (bicyclic) bond motifs is 1. The maximum absolute atomic E-state index is 14.7. The fraction of sp³-hybridized carbons (Fsp3) is 0.182. The molecule has 0 atom stereocenters. The first-order chi connectivity index (χ1) is 26.9. The van der Waals surface area contributed by atoms with Gasteiger partial charge in [-0.15, -0.1) is 15.0 Å². The number of amides is 1. The summed E-state index contributed by atoms with van der Waals surface area (Å²) in [6.07, 6.45) is 0.0652. The number of nitrogens with one attached hydrogen (secondary N) is 1. The number of benzene rings is 5. The van der Waals surface area contributed by atoms with E-state index in [1.807, 2.05) is 36.4 Å². The molecule has 6 aromatic rings. The number of hydrogen-bond donors (Lipinski definition) is 1. The van der Waals surface area contributed by atoms with Gasteiger partial charge in [0.05, 0.1) is 13.0 Å². The molecular formula is C44H41N4O7P. The van der Waals surface area contributed by atoms with Crippen molar-refractivity contribution in [2.45, 2.75) is 46.6 Å². The Balaban J connectivity index is 1.10. The third-order valence-electron chi connectivity index (χ3n) is 9.10. The van der Waals surface area contributed by atoms with E-state index in [1.165, 1.54) is 4.80 Å². The lowest BCUT2D eigenvalue weighted by molar-refractivity contribution is -0.139. The van der Waals surface area contributed by atoms with Gasteiger partial charge >= 0.3 is 11.9 Å². The van der Waals surface area contributed by atoms with Gasteiger partial charge in [-0.3, -0.25) is 14.4 Å². The summed E-state index contributed by atoms with van der Waals surface area (Å²) >= 11 is 0. The van der Waals surface area contributed by atoms with Crippen LogP contribution in [0.3, 0.4) is 0 Å². The van der Waals surface area contributed by atoms with Crippen molar-refractivity contribution < 1.29 is 33.2 Å². The molecule has 0 bridgehead atoms. The highest BCUT2D eigenvalue weighted by Crippen LogP contribution is 2.48. The van der Waals surface area contributed by atoms with Crippen LogP contribution in [0.4, 0.5) is 0 Å². The number of carbonyl (C=O) groups is 4. The van der Waals surface area contributed by atoms with Gasteiger partial charge in [0, 0.05) is 41.1 Å². The van der Waals surface area contributed by atoms with Crippen molar-refractivity contribution in [1.29, 1.82) is 0 Å². The number of aryl methyl sites for hydroxylation is 2. The molecule has 0 radical (unpaired) electrons. The van der Waals surface area contributed by atoms with Gasteiger partial charge in [0.15, 0.2) is 5.75 Å². The standard InChI is InChI=1S/C44H41N4O7P/c1-29(2)43(51)54-24-23-32-19-20-39(38(27-32)48-46-36-17-11-12-18-37(36)47-48)55-41(50)22-21-40(49)45-28-33-25-30(3)42(31(4)26-33)44(52)56(53,34-13-7-5-8-14-34)35-15-9-6-10-16-35/h5-20,25-27H,1,21-24,28H2,2-4H3,(H,45,49). The van der Waals surface area contributed by atoms with E-state index >= 15 is 0 Å². The van der Waals surface area contributed by atoms with E-state index in [2.05, 4.69) is 22.1 Å². The zero-order valence-corrected chi connectivity index (χ0v) is 32.3. The molecule has 1 N–H and O–H groups in total. The minimum absolute atomic E-state index is 0.125. The fourth-order valence-electron chi connectivity index (χ4n) is 6.30. The summed E-state index contributed by atoms with van der Waals surface area (Å²) in [6.45, 7) is 9.04. The number of esters is 2. The van der Waals surface area contributed by atoms with Gasteiger partial charge in [-0.1, -0.05) is 97.6 Å². The summed E-state index contributed by atoms with van der Waals surface area (Å²) in [5.41, 5.74) is 4.76. The van der Waals surface area contributed by atoms with Gasteiger partial charge in [-0.2, -0.15) is 0 Å². The van der Waals surface area contributed by atoms with Gasteiger partial charge < -0.3 is 19.4 Å². The van der Waals surface area contributed by atoms with Crippen LogP contribution in [0.2, 0.25) is 0 Å². The maximum atomic E-state index is 14.7. The van der Waals surface area contributed by atoms with Crippen LogP contribution in [0.5, 0.6) is 5.75 Å². The molecule has 1 amide bonds. The third-order valence-corrected chi connectivity index (χ3v) is 11.9. The summed E-state index contributed by atoms with van der Waals surface area (Å²) in [5.74, 6) is -1.28. The van der Waals surface area contributed by atoms with E-state index in [-0.39, 0.29) is 37.6 Å². The van der Waals surface area contributed by atoms with Crippen molar-refractivity contribution in [3.63, 3.8) is 0 Å².